The molecule has 0 atom stereocenters. The lowest BCUT2D eigenvalue weighted by Crippen LogP contribution is -2.42. The first-order chi connectivity index (χ1) is 13.0. The molecule has 0 saturated carbocycles. The lowest BCUT2D eigenvalue weighted by Gasteiger charge is -2.30. The number of piperidine rings is 1. The quantitative estimate of drug-likeness (QED) is 0.876. The number of benzene rings is 2. The molecule has 1 fully saturated rings. The average Bonchev–Trinajstić information content (AvgIpc) is 2.69. The second kappa shape index (κ2) is 8.66. The van der Waals surface area contributed by atoms with Gasteiger partial charge in [0.2, 0.25) is 11.8 Å². The smallest absolute Gasteiger partial charge is 0.223 e. The fourth-order valence-corrected chi connectivity index (χ4v) is 3.10. The van der Waals surface area contributed by atoms with Crippen LogP contribution in [0.3, 0.4) is 0 Å². The third-order valence-electron chi connectivity index (χ3n) is 4.75. The topological polar surface area (TPSA) is 58.6 Å². The summed E-state index contributed by atoms with van der Waals surface area (Å²) in [6, 6.07) is 13.2. The van der Waals surface area contributed by atoms with E-state index in [-0.39, 0.29) is 23.5 Å². The number of ether oxygens (including phenoxy) is 1. The number of likely N-dealkylation sites (tertiary alicyclic amines) is 1. The zero-order chi connectivity index (χ0) is 19.2. The number of nitrogens with one attached hydrogen (secondary N) is 1. The first-order valence-electron chi connectivity index (χ1n) is 9.07. The number of carbonyl (C=O) groups excluding carboxylic acids is 2. The molecule has 0 bridgehead atoms. The van der Waals surface area contributed by atoms with E-state index in [2.05, 4.69) is 5.32 Å². The number of hydrogen-bond donors (Lipinski definition) is 1. The molecule has 1 aliphatic rings. The molecule has 1 aliphatic heterocycles. The molecular weight excluding hydrogens is 347 g/mol. The Morgan fingerprint density at radius 1 is 1.04 bits per heavy atom. The Morgan fingerprint density at radius 2 is 1.59 bits per heavy atom. The standard InChI is InChI=1S/C21H23FN2O3/c1-15(25)24-12-10-17(11-13-24)21(26)23-14-16-2-6-19(7-3-16)27-20-8-4-18(22)5-9-20/h2-9,17H,10-14H2,1H3,(H,23,26). The van der Waals surface area contributed by atoms with Crippen molar-refractivity contribution in [2.24, 2.45) is 5.92 Å². The van der Waals surface area contributed by atoms with Gasteiger partial charge in [-0.3, -0.25) is 9.59 Å². The van der Waals surface area contributed by atoms with Gasteiger partial charge in [-0.15, -0.1) is 0 Å². The molecule has 2 aromatic carbocycles. The molecule has 6 heteroatoms. The third kappa shape index (κ3) is 5.29. The lowest BCUT2D eigenvalue weighted by molar-refractivity contribution is -0.134. The van der Waals surface area contributed by atoms with E-state index < -0.39 is 0 Å². The molecule has 0 unspecified atom stereocenters. The Hall–Kier alpha value is -2.89. The van der Waals surface area contributed by atoms with E-state index in [4.69, 9.17) is 4.74 Å². The fourth-order valence-electron chi connectivity index (χ4n) is 3.10. The molecule has 1 N–H and O–H groups in total. The summed E-state index contributed by atoms with van der Waals surface area (Å²) in [4.78, 5) is 25.4. The van der Waals surface area contributed by atoms with Crippen molar-refractivity contribution in [2.45, 2.75) is 26.3 Å². The summed E-state index contributed by atoms with van der Waals surface area (Å²) in [5.41, 5.74) is 0.968. The molecule has 1 saturated heterocycles. The summed E-state index contributed by atoms with van der Waals surface area (Å²) in [5, 5.41) is 2.96. The van der Waals surface area contributed by atoms with E-state index in [1.807, 2.05) is 24.3 Å². The third-order valence-corrected chi connectivity index (χ3v) is 4.75. The number of hydrogen-bond acceptors (Lipinski definition) is 3. The Bertz CT molecular complexity index is 782. The molecular formula is C21H23FN2O3. The molecule has 2 amide bonds. The largest absolute Gasteiger partial charge is 0.457 e. The molecule has 0 spiro atoms. The minimum Gasteiger partial charge on any atom is -0.457 e. The monoisotopic (exact) mass is 370 g/mol. The molecule has 0 aliphatic carbocycles. The van der Waals surface area contributed by atoms with E-state index in [1.165, 1.54) is 12.1 Å². The van der Waals surface area contributed by atoms with Crippen molar-refractivity contribution in [1.82, 2.24) is 10.2 Å². The first kappa shape index (κ1) is 18.9. The molecule has 27 heavy (non-hydrogen) atoms. The van der Waals surface area contributed by atoms with Gasteiger partial charge in [0, 0.05) is 32.5 Å². The fraction of sp³-hybridized carbons (Fsp3) is 0.333. The van der Waals surface area contributed by atoms with Crippen molar-refractivity contribution in [3.05, 3.63) is 59.9 Å². The number of amides is 2. The van der Waals surface area contributed by atoms with Gasteiger partial charge in [-0.2, -0.15) is 0 Å². The summed E-state index contributed by atoms with van der Waals surface area (Å²) in [7, 11) is 0. The number of carbonyl (C=O) groups is 2. The predicted octanol–water partition coefficient (Wildman–Crippen LogP) is 3.49. The normalized spacial score (nSPS) is 14.7. The van der Waals surface area contributed by atoms with Crippen LogP contribution in [0.15, 0.2) is 48.5 Å². The van der Waals surface area contributed by atoms with Crippen molar-refractivity contribution in [3.8, 4) is 11.5 Å². The van der Waals surface area contributed by atoms with Gasteiger partial charge in [0.1, 0.15) is 17.3 Å². The van der Waals surface area contributed by atoms with E-state index in [0.29, 0.717) is 44.0 Å². The van der Waals surface area contributed by atoms with Gasteiger partial charge in [-0.1, -0.05) is 12.1 Å². The Morgan fingerprint density at radius 3 is 2.15 bits per heavy atom. The molecule has 0 aromatic heterocycles. The number of nitrogens with zero attached hydrogens (tertiary/aromatic N) is 1. The second-order valence-electron chi connectivity index (χ2n) is 6.70. The van der Waals surface area contributed by atoms with Crippen LogP contribution in [0.2, 0.25) is 0 Å². The van der Waals surface area contributed by atoms with Gasteiger partial charge >= 0.3 is 0 Å². The average molecular weight is 370 g/mol. The molecule has 142 valence electrons. The van der Waals surface area contributed by atoms with E-state index >= 15 is 0 Å². The van der Waals surface area contributed by atoms with Crippen molar-refractivity contribution < 1.29 is 18.7 Å². The van der Waals surface area contributed by atoms with E-state index in [9.17, 15) is 14.0 Å². The van der Waals surface area contributed by atoms with Crippen molar-refractivity contribution in [3.63, 3.8) is 0 Å². The number of halogens is 1. The molecule has 0 radical (unpaired) electrons. The number of rotatable bonds is 5. The Labute approximate surface area is 158 Å². The minimum absolute atomic E-state index is 0.0323. The maximum absolute atomic E-state index is 12.9. The molecule has 3 rings (SSSR count). The van der Waals surface area contributed by atoms with Gasteiger partial charge in [-0.05, 0) is 54.8 Å². The van der Waals surface area contributed by atoms with Crippen LogP contribution < -0.4 is 10.1 Å². The predicted molar refractivity (Wildman–Crippen MR) is 99.7 cm³/mol. The maximum Gasteiger partial charge on any atom is 0.223 e. The van der Waals surface area contributed by atoms with Gasteiger partial charge in [-0.25, -0.2) is 4.39 Å². The highest BCUT2D eigenvalue weighted by Crippen LogP contribution is 2.22. The van der Waals surface area contributed by atoms with Crippen LogP contribution in [0.5, 0.6) is 11.5 Å². The Kier molecular flexibility index (Phi) is 6.06. The molecule has 2 aromatic rings. The summed E-state index contributed by atoms with van der Waals surface area (Å²) >= 11 is 0. The van der Waals surface area contributed by atoms with Gasteiger partial charge in [0.05, 0.1) is 0 Å². The van der Waals surface area contributed by atoms with Crippen LogP contribution in [0.25, 0.3) is 0 Å². The Balaban J connectivity index is 1.46. The van der Waals surface area contributed by atoms with E-state index in [0.717, 1.165) is 5.56 Å². The van der Waals surface area contributed by atoms with Gasteiger partial charge < -0.3 is 15.0 Å². The van der Waals surface area contributed by atoms with Crippen LogP contribution in [-0.2, 0) is 16.1 Å². The van der Waals surface area contributed by atoms with Gasteiger partial charge in [0.25, 0.3) is 0 Å². The highest BCUT2D eigenvalue weighted by atomic mass is 19.1. The zero-order valence-corrected chi connectivity index (χ0v) is 15.3. The second-order valence-corrected chi connectivity index (χ2v) is 6.70. The highest BCUT2D eigenvalue weighted by Gasteiger charge is 2.25. The first-order valence-corrected chi connectivity index (χ1v) is 9.07. The summed E-state index contributed by atoms with van der Waals surface area (Å²) in [6.45, 7) is 3.29. The molecule has 5 nitrogen and oxygen atoms in total. The van der Waals surface area contributed by atoms with Crippen LogP contribution in [0.1, 0.15) is 25.3 Å². The zero-order valence-electron chi connectivity index (χ0n) is 15.3. The van der Waals surface area contributed by atoms with Crippen LogP contribution in [0.4, 0.5) is 4.39 Å². The van der Waals surface area contributed by atoms with Crippen molar-refractivity contribution in [2.75, 3.05) is 13.1 Å². The summed E-state index contributed by atoms with van der Waals surface area (Å²) in [5.74, 6) is 0.964. The summed E-state index contributed by atoms with van der Waals surface area (Å²) in [6.07, 6.45) is 1.41. The minimum atomic E-state index is -0.305. The SMILES string of the molecule is CC(=O)N1CCC(C(=O)NCc2ccc(Oc3ccc(F)cc3)cc2)CC1. The van der Waals surface area contributed by atoms with Crippen LogP contribution in [0, 0.1) is 11.7 Å². The van der Waals surface area contributed by atoms with Crippen molar-refractivity contribution >= 4 is 11.8 Å². The highest BCUT2D eigenvalue weighted by molar-refractivity contribution is 5.79. The summed E-state index contributed by atoms with van der Waals surface area (Å²) < 4.78 is 18.6. The lowest BCUT2D eigenvalue weighted by atomic mass is 9.96. The van der Waals surface area contributed by atoms with Gasteiger partial charge in [0.15, 0.2) is 0 Å². The van der Waals surface area contributed by atoms with E-state index in [1.54, 1.807) is 24.0 Å². The molecule has 1 heterocycles. The maximum atomic E-state index is 12.9. The van der Waals surface area contributed by atoms with Crippen LogP contribution >= 0.6 is 0 Å². The van der Waals surface area contributed by atoms with Crippen LogP contribution in [-0.4, -0.2) is 29.8 Å². The van der Waals surface area contributed by atoms with Crippen molar-refractivity contribution in [1.29, 1.82) is 0 Å².